The molecule has 3 aromatic rings. The van der Waals surface area contributed by atoms with Crippen molar-refractivity contribution in [1.29, 1.82) is 5.26 Å². The number of halogens is 1. The van der Waals surface area contributed by atoms with E-state index in [9.17, 15) is 14.3 Å². The summed E-state index contributed by atoms with van der Waals surface area (Å²) in [6.45, 7) is 1.86. The molecule has 0 aliphatic carbocycles. The first-order valence-electron chi connectivity index (χ1n) is 6.47. The molecule has 0 atom stereocenters. The summed E-state index contributed by atoms with van der Waals surface area (Å²) >= 11 is 1.04. The molecule has 0 radical (unpaired) electrons. The molecule has 0 saturated carbocycles. The van der Waals surface area contributed by atoms with E-state index >= 15 is 0 Å². The van der Waals surface area contributed by atoms with Gasteiger partial charge in [0, 0.05) is 15.6 Å². The van der Waals surface area contributed by atoms with Crippen molar-refractivity contribution in [2.45, 2.75) is 6.92 Å². The summed E-state index contributed by atoms with van der Waals surface area (Å²) in [5, 5.41) is 19.2. The molecule has 3 rings (SSSR count). The highest BCUT2D eigenvalue weighted by molar-refractivity contribution is 7.21. The molecule has 0 aliphatic heterocycles. The highest BCUT2D eigenvalue weighted by Gasteiger charge is 2.21. The maximum absolute atomic E-state index is 13.4. The molecule has 5 heteroatoms. The van der Waals surface area contributed by atoms with Crippen LogP contribution in [0.1, 0.15) is 20.8 Å². The van der Waals surface area contributed by atoms with Gasteiger partial charge in [-0.3, -0.25) is 0 Å². The van der Waals surface area contributed by atoms with Crippen molar-refractivity contribution in [3.05, 3.63) is 58.2 Å². The standard InChI is InChI=1S/C17H10FNO2S/c1-9-2-3-10(8-19)6-13(9)15-12-5-4-11(18)7-14(12)22-16(15)17(20)21/h2-7H,1H3,(H,20,21). The predicted octanol–water partition coefficient (Wildman–Crippen LogP) is 4.59. The molecule has 0 amide bonds. The minimum Gasteiger partial charge on any atom is -0.477 e. The summed E-state index contributed by atoms with van der Waals surface area (Å²) < 4.78 is 14.0. The van der Waals surface area contributed by atoms with Crippen LogP contribution in [-0.4, -0.2) is 11.1 Å². The Hall–Kier alpha value is -2.71. The molecular formula is C17H10FNO2S. The van der Waals surface area contributed by atoms with Crippen LogP contribution in [0.3, 0.4) is 0 Å². The van der Waals surface area contributed by atoms with Gasteiger partial charge in [-0.05, 0) is 48.4 Å². The smallest absolute Gasteiger partial charge is 0.346 e. The van der Waals surface area contributed by atoms with Gasteiger partial charge in [-0.25, -0.2) is 9.18 Å². The molecule has 1 aromatic heterocycles. The number of fused-ring (bicyclic) bond motifs is 1. The second-order valence-electron chi connectivity index (χ2n) is 4.89. The van der Waals surface area contributed by atoms with E-state index in [-0.39, 0.29) is 4.88 Å². The SMILES string of the molecule is Cc1ccc(C#N)cc1-c1c(C(=O)O)sc2cc(F)ccc12. The van der Waals surface area contributed by atoms with Crippen molar-refractivity contribution >= 4 is 27.4 Å². The van der Waals surface area contributed by atoms with Gasteiger partial charge in [0.1, 0.15) is 10.7 Å². The largest absolute Gasteiger partial charge is 0.477 e. The van der Waals surface area contributed by atoms with Crippen LogP contribution in [0.25, 0.3) is 21.2 Å². The summed E-state index contributed by atoms with van der Waals surface area (Å²) in [5.74, 6) is -1.46. The molecule has 1 N–H and O–H groups in total. The zero-order valence-electron chi connectivity index (χ0n) is 11.6. The lowest BCUT2D eigenvalue weighted by molar-refractivity contribution is 0.0703. The summed E-state index contributed by atoms with van der Waals surface area (Å²) in [5.41, 5.74) is 2.56. The van der Waals surface area contributed by atoms with Crippen molar-refractivity contribution in [3.8, 4) is 17.2 Å². The Kier molecular flexibility index (Phi) is 3.39. The van der Waals surface area contributed by atoms with Crippen molar-refractivity contribution in [2.24, 2.45) is 0 Å². The Balaban J connectivity index is 2.41. The average Bonchev–Trinajstić information content (AvgIpc) is 2.86. The highest BCUT2D eigenvalue weighted by atomic mass is 32.1. The van der Waals surface area contributed by atoms with Gasteiger partial charge in [-0.15, -0.1) is 11.3 Å². The fourth-order valence-electron chi connectivity index (χ4n) is 2.45. The van der Waals surface area contributed by atoms with Gasteiger partial charge in [-0.2, -0.15) is 5.26 Å². The molecule has 3 nitrogen and oxygen atoms in total. The highest BCUT2D eigenvalue weighted by Crippen LogP contribution is 2.40. The fraction of sp³-hybridized carbons (Fsp3) is 0.0588. The van der Waals surface area contributed by atoms with E-state index in [2.05, 4.69) is 6.07 Å². The molecule has 0 fully saturated rings. The number of hydrogen-bond donors (Lipinski definition) is 1. The summed E-state index contributed by atoms with van der Waals surface area (Å²) in [6, 6.07) is 11.4. The quantitative estimate of drug-likeness (QED) is 0.753. The topological polar surface area (TPSA) is 61.1 Å². The monoisotopic (exact) mass is 311 g/mol. The van der Waals surface area contributed by atoms with Crippen LogP contribution in [0.15, 0.2) is 36.4 Å². The van der Waals surface area contributed by atoms with Crippen LogP contribution in [0, 0.1) is 24.1 Å². The second kappa shape index (κ2) is 5.24. The van der Waals surface area contributed by atoms with Gasteiger partial charge in [0.25, 0.3) is 0 Å². The van der Waals surface area contributed by atoms with Crippen LogP contribution in [0.2, 0.25) is 0 Å². The summed E-state index contributed by atoms with van der Waals surface area (Å²) in [6.07, 6.45) is 0. The number of carboxylic acid groups (broad SMARTS) is 1. The Morgan fingerprint density at radius 3 is 2.73 bits per heavy atom. The number of aryl methyl sites for hydroxylation is 1. The minimum atomic E-state index is -1.06. The molecule has 0 saturated heterocycles. The number of thiophene rings is 1. The zero-order valence-corrected chi connectivity index (χ0v) is 12.4. The average molecular weight is 311 g/mol. The molecule has 0 spiro atoms. The lowest BCUT2D eigenvalue weighted by atomic mass is 9.96. The molecule has 108 valence electrons. The molecule has 2 aromatic carbocycles. The zero-order chi connectivity index (χ0) is 15.9. The maximum Gasteiger partial charge on any atom is 0.346 e. The predicted molar refractivity (Wildman–Crippen MR) is 83.6 cm³/mol. The van der Waals surface area contributed by atoms with Crippen LogP contribution in [0.5, 0.6) is 0 Å². The Bertz CT molecular complexity index is 953. The number of nitriles is 1. The van der Waals surface area contributed by atoms with Gasteiger partial charge in [0.2, 0.25) is 0 Å². The van der Waals surface area contributed by atoms with Crippen molar-refractivity contribution in [1.82, 2.24) is 0 Å². The molecule has 0 bridgehead atoms. The van der Waals surface area contributed by atoms with Gasteiger partial charge in [0.05, 0.1) is 11.6 Å². The molecule has 0 aliphatic rings. The Labute approximate surface area is 129 Å². The van der Waals surface area contributed by atoms with E-state index in [0.717, 1.165) is 16.9 Å². The van der Waals surface area contributed by atoms with Crippen LogP contribution in [0.4, 0.5) is 4.39 Å². The Morgan fingerprint density at radius 1 is 1.27 bits per heavy atom. The van der Waals surface area contributed by atoms with Gasteiger partial charge >= 0.3 is 5.97 Å². The van der Waals surface area contributed by atoms with E-state index in [1.165, 1.54) is 12.1 Å². The third-order valence-corrected chi connectivity index (χ3v) is 4.62. The van der Waals surface area contributed by atoms with Crippen LogP contribution in [-0.2, 0) is 0 Å². The van der Waals surface area contributed by atoms with Crippen molar-refractivity contribution in [2.75, 3.05) is 0 Å². The maximum atomic E-state index is 13.4. The van der Waals surface area contributed by atoms with Gasteiger partial charge in [0.15, 0.2) is 0 Å². The van der Waals surface area contributed by atoms with Crippen molar-refractivity contribution < 1.29 is 14.3 Å². The number of aromatic carboxylic acids is 1. The van der Waals surface area contributed by atoms with Gasteiger partial charge < -0.3 is 5.11 Å². The minimum absolute atomic E-state index is 0.152. The van der Waals surface area contributed by atoms with E-state index in [0.29, 0.717) is 26.8 Å². The summed E-state index contributed by atoms with van der Waals surface area (Å²) in [4.78, 5) is 11.7. The first kappa shape index (κ1) is 14.2. The number of benzene rings is 2. The molecule has 22 heavy (non-hydrogen) atoms. The molecule has 0 unspecified atom stereocenters. The lowest BCUT2D eigenvalue weighted by Gasteiger charge is -2.07. The van der Waals surface area contributed by atoms with Crippen LogP contribution < -0.4 is 0 Å². The lowest BCUT2D eigenvalue weighted by Crippen LogP contribution is -1.96. The Morgan fingerprint density at radius 2 is 2.05 bits per heavy atom. The number of hydrogen-bond acceptors (Lipinski definition) is 3. The third kappa shape index (κ3) is 2.24. The third-order valence-electron chi connectivity index (χ3n) is 3.48. The number of carbonyl (C=O) groups is 1. The second-order valence-corrected chi connectivity index (χ2v) is 5.95. The first-order chi connectivity index (χ1) is 10.5. The summed E-state index contributed by atoms with van der Waals surface area (Å²) in [7, 11) is 0. The van der Waals surface area contributed by atoms with E-state index < -0.39 is 11.8 Å². The van der Waals surface area contributed by atoms with E-state index in [4.69, 9.17) is 5.26 Å². The number of rotatable bonds is 2. The fourth-order valence-corrected chi connectivity index (χ4v) is 3.53. The number of nitrogens with zero attached hydrogens (tertiary/aromatic N) is 1. The van der Waals surface area contributed by atoms with Gasteiger partial charge in [-0.1, -0.05) is 6.07 Å². The van der Waals surface area contributed by atoms with E-state index in [1.807, 2.05) is 6.92 Å². The normalized spacial score (nSPS) is 10.6. The molecule has 1 heterocycles. The van der Waals surface area contributed by atoms with E-state index in [1.54, 1.807) is 24.3 Å². The van der Waals surface area contributed by atoms with Crippen LogP contribution >= 0.6 is 11.3 Å². The molecular weight excluding hydrogens is 301 g/mol. The first-order valence-corrected chi connectivity index (χ1v) is 7.29. The van der Waals surface area contributed by atoms with Crippen molar-refractivity contribution in [3.63, 3.8) is 0 Å². The number of carboxylic acids is 1.